The van der Waals surface area contributed by atoms with Gasteiger partial charge in [0.15, 0.2) is 0 Å². The molecule has 0 spiro atoms. The lowest BCUT2D eigenvalue weighted by Gasteiger charge is -2.08. The molecule has 0 unspecified atom stereocenters. The zero-order valence-corrected chi connectivity index (χ0v) is 10.8. The minimum atomic E-state index is -0.625. The van der Waals surface area contributed by atoms with Crippen molar-refractivity contribution < 1.29 is 14.3 Å². The maximum absolute atomic E-state index is 11.5. The Bertz CT molecular complexity index is 413. The van der Waals surface area contributed by atoms with Crippen LogP contribution in [0, 0.1) is 0 Å². The van der Waals surface area contributed by atoms with Gasteiger partial charge in [0, 0.05) is 5.69 Å². The number of hydrogen-bond acceptors (Lipinski definition) is 3. The molecule has 0 aliphatic carbocycles. The van der Waals surface area contributed by atoms with Crippen molar-refractivity contribution in [1.29, 1.82) is 0 Å². The summed E-state index contributed by atoms with van der Waals surface area (Å²) in [7, 11) is 1.25. The normalized spacial score (nSPS) is 10.0. The van der Waals surface area contributed by atoms with Crippen LogP contribution in [0.3, 0.4) is 0 Å². The summed E-state index contributed by atoms with van der Waals surface area (Å²) < 4.78 is 4.36. The molecule has 0 saturated carbocycles. The molecule has 1 aromatic carbocycles. The molecule has 5 nitrogen and oxygen atoms in total. The molecular formula is C13H18N2O3. The van der Waals surface area contributed by atoms with E-state index < -0.39 is 6.09 Å². The number of carbonyl (C=O) groups excluding carboxylic acids is 2. The van der Waals surface area contributed by atoms with Crippen molar-refractivity contribution in [2.45, 2.75) is 19.8 Å². The van der Waals surface area contributed by atoms with Crippen molar-refractivity contribution in [3.05, 3.63) is 29.8 Å². The zero-order valence-electron chi connectivity index (χ0n) is 10.8. The lowest BCUT2D eigenvalue weighted by Crippen LogP contribution is -2.32. The molecular weight excluding hydrogens is 232 g/mol. The van der Waals surface area contributed by atoms with Crippen molar-refractivity contribution in [3.63, 3.8) is 0 Å². The first-order valence-electron chi connectivity index (χ1n) is 5.74. The number of carbonyl (C=O) groups is 2. The molecule has 18 heavy (non-hydrogen) atoms. The molecule has 0 heterocycles. The number of benzene rings is 1. The van der Waals surface area contributed by atoms with E-state index in [-0.39, 0.29) is 12.5 Å². The second kappa shape index (κ2) is 6.64. The summed E-state index contributed by atoms with van der Waals surface area (Å²) in [5, 5.41) is 4.99. The second-order valence-electron chi connectivity index (χ2n) is 4.17. The highest BCUT2D eigenvalue weighted by Crippen LogP contribution is 2.16. The number of alkyl carbamates (subject to hydrolysis) is 1. The van der Waals surface area contributed by atoms with Crippen LogP contribution < -0.4 is 10.6 Å². The fraction of sp³-hybridized carbons (Fsp3) is 0.385. The summed E-state index contributed by atoms with van der Waals surface area (Å²) in [5.74, 6) is 0.161. The molecule has 0 fully saturated rings. The van der Waals surface area contributed by atoms with E-state index >= 15 is 0 Å². The van der Waals surface area contributed by atoms with Crippen molar-refractivity contribution >= 4 is 17.7 Å². The lowest BCUT2D eigenvalue weighted by atomic mass is 10.0. The summed E-state index contributed by atoms with van der Waals surface area (Å²) in [6.45, 7) is 4.10. The van der Waals surface area contributed by atoms with Crippen LogP contribution in [-0.4, -0.2) is 25.7 Å². The Morgan fingerprint density at radius 3 is 2.33 bits per heavy atom. The van der Waals surface area contributed by atoms with Crippen molar-refractivity contribution in [2.24, 2.45) is 0 Å². The molecule has 0 aliphatic heterocycles. The van der Waals surface area contributed by atoms with Gasteiger partial charge in [-0.05, 0) is 23.6 Å². The van der Waals surface area contributed by atoms with Crippen LogP contribution in [0.25, 0.3) is 0 Å². The number of methoxy groups -OCH3 is 1. The summed E-state index contributed by atoms with van der Waals surface area (Å²) in [5.41, 5.74) is 1.91. The summed E-state index contributed by atoms with van der Waals surface area (Å²) in [4.78, 5) is 22.2. The molecule has 2 amide bonds. The molecule has 98 valence electrons. The molecule has 0 aliphatic rings. The predicted octanol–water partition coefficient (Wildman–Crippen LogP) is 2.10. The molecule has 2 N–H and O–H groups in total. The van der Waals surface area contributed by atoms with Crippen LogP contribution in [0.4, 0.5) is 10.5 Å². The number of ether oxygens (including phenoxy) is 1. The second-order valence-corrected chi connectivity index (χ2v) is 4.17. The lowest BCUT2D eigenvalue weighted by molar-refractivity contribution is -0.115. The average molecular weight is 250 g/mol. The van der Waals surface area contributed by atoms with Crippen molar-refractivity contribution in [3.8, 4) is 0 Å². The van der Waals surface area contributed by atoms with Gasteiger partial charge in [-0.1, -0.05) is 26.0 Å². The predicted molar refractivity (Wildman–Crippen MR) is 69.6 cm³/mol. The topological polar surface area (TPSA) is 67.4 Å². The minimum absolute atomic E-state index is 0.112. The van der Waals surface area contributed by atoms with Gasteiger partial charge < -0.3 is 15.4 Å². The van der Waals surface area contributed by atoms with E-state index in [1.165, 1.54) is 12.7 Å². The summed E-state index contributed by atoms with van der Waals surface area (Å²) in [6.07, 6.45) is -0.625. The summed E-state index contributed by atoms with van der Waals surface area (Å²) >= 11 is 0. The van der Waals surface area contributed by atoms with Gasteiger partial charge in [-0.3, -0.25) is 4.79 Å². The van der Waals surface area contributed by atoms with Gasteiger partial charge in [0.25, 0.3) is 0 Å². The van der Waals surface area contributed by atoms with Crippen LogP contribution in [0.1, 0.15) is 25.3 Å². The number of anilines is 1. The fourth-order valence-electron chi connectivity index (χ4n) is 1.38. The van der Waals surface area contributed by atoms with Crippen LogP contribution in [0.5, 0.6) is 0 Å². The Hall–Kier alpha value is -2.04. The Labute approximate surface area is 107 Å². The van der Waals surface area contributed by atoms with E-state index in [0.29, 0.717) is 11.6 Å². The number of rotatable bonds is 4. The van der Waals surface area contributed by atoms with Gasteiger partial charge in [-0.15, -0.1) is 0 Å². The first-order valence-corrected chi connectivity index (χ1v) is 5.74. The average Bonchev–Trinajstić information content (AvgIpc) is 2.36. The number of hydrogen-bond donors (Lipinski definition) is 2. The van der Waals surface area contributed by atoms with E-state index in [1.807, 2.05) is 24.3 Å². The minimum Gasteiger partial charge on any atom is -0.453 e. The largest absolute Gasteiger partial charge is 0.453 e. The fourth-order valence-corrected chi connectivity index (χ4v) is 1.38. The molecule has 0 bridgehead atoms. The molecule has 5 heteroatoms. The van der Waals surface area contributed by atoms with Gasteiger partial charge in [-0.25, -0.2) is 4.79 Å². The van der Waals surface area contributed by atoms with E-state index in [2.05, 4.69) is 29.2 Å². The molecule has 1 aromatic rings. The Morgan fingerprint density at radius 2 is 1.83 bits per heavy atom. The first-order chi connectivity index (χ1) is 8.52. The number of nitrogens with one attached hydrogen (secondary N) is 2. The highest BCUT2D eigenvalue weighted by atomic mass is 16.5. The quantitative estimate of drug-likeness (QED) is 0.860. The van der Waals surface area contributed by atoms with Gasteiger partial charge in [0.1, 0.15) is 6.54 Å². The van der Waals surface area contributed by atoms with Gasteiger partial charge in [0.05, 0.1) is 7.11 Å². The van der Waals surface area contributed by atoms with Gasteiger partial charge in [0.2, 0.25) is 5.91 Å². The Kier molecular flexibility index (Phi) is 5.17. The zero-order chi connectivity index (χ0) is 13.5. The van der Waals surface area contributed by atoms with E-state index in [1.54, 1.807) is 0 Å². The Balaban J connectivity index is 2.47. The van der Waals surface area contributed by atoms with E-state index in [9.17, 15) is 9.59 Å². The third kappa shape index (κ3) is 4.45. The van der Waals surface area contributed by atoms with Crippen molar-refractivity contribution in [2.75, 3.05) is 19.0 Å². The van der Waals surface area contributed by atoms with Gasteiger partial charge in [-0.2, -0.15) is 0 Å². The first kappa shape index (κ1) is 14.0. The molecule has 0 aromatic heterocycles. The molecule has 0 saturated heterocycles. The summed E-state index contributed by atoms with van der Waals surface area (Å²) in [6, 6.07) is 7.61. The maximum atomic E-state index is 11.5. The van der Waals surface area contributed by atoms with Crippen LogP contribution in [0.2, 0.25) is 0 Å². The molecule has 1 rings (SSSR count). The number of amides is 2. The highest BCUT2D eigenvalue weighted by molar-refractivity contribution is 5.93. The van der Waals surface area contributed by atoms with Crippen molar-refractivity contribution in [1.82, 2.24) is 5.32 Å². The van der Waals surface area contributed by atoms with Crippen LogP contribution >= 0.6 is 0 Å². The monoisotopic (exact) mass is 250 g/mol. The standard InChI is InChI=1S/C13H18N2O3/c1-9(2)10-4-6-11(7-5-10)15-12(16)8-14-13(17)18-3/h4-7,9H,8H2,1-3H3,(H,14,17)(H,15,16). The van der Waals surface area contributed by atoms with E-state index in [4.69, 9.17) is 0 Å². The molecule has 0 atom stereocenters. The highest BCUT2D eigenvalue weighted by Gasteiger charge is 2.05. The maximum Gasteiger partial charge on any atom is 0.407 e. The Morgan fingerprint density at radius 1 is 1.22 bits per heavy atom. The molecule has 0 radical (unpaired) electrons. The SMILES string of the molecule is COC(=O)NCC(=O)Nc1ccc(C(C)C)cc1. The van der Waals surface area contributed by atoms with Crippen LogP contribution in [0.15, 0.2) is 24.3 Å². The smallest absolute Gasteiger partial charge is 0.407 e. The third-order valence-electron chi connectivity index (χ3n) is 2.44. The van der Waals surface area contributed by atoms with E-state index in [0.717, 1.165) is 0 Å². The van der Waals surface area contributed by atoms with Gasteiger partial charge >= 0.3 is 6.09 Å². The third-order valence-corrected chi connectivity index (χ3v) is 2.44. The van der Waals surface area contributed by atoms with Crippen LogP contribution in [-0.2, 0) is 9.53 Å².